The fourth-order valence-corrected chi connectivity index (χ4v) is 3.45. The van der Waals surface area contributed by atoms with Crippen LogP contribution in [0.1, 0.15) is 96.8 Å². The predicted molar refractivity (Wildman–Crippen MR) is 138 cm³/mol. The fourth-order valence-electron chi connectivity index (χ4n) is 3.16. The molecular weight excluding hydrogens is 457 g/mol. The largest absolute Gasteiger partial charge is 0.694 e. The van der Waals surface area contributed by atoms with Crippen molar-refractivity contribution in [1.29, 1.82) is 0 Å². The monoisotopic (exact) mass is 508 g/mol. The first-order valence-electron chi connectivity index (χ1n) is 12.8. The topological polar surface area (TPSA) is 114 Å². The van der Waals surface area contributed by atoms with E-state index in [1.165, 1.54) is 84.8 Å². The molecule has 0 fully saturated rings. The molecule has 0 heterocycles. The maximum atomic E-state index is 11.3. The summed E-state index contributed by atoms with van der Waals surface area (Å²) in [5.41, 5.74) is 0. The molecule has 3 N–H and O–H groups in total. The lowest BCUT2D eigenvalue weighted by atomic mass is 10.1. The van der Waals surface area contributed by atoms with Crippen LogP contribution in [-0.4, -0.2) is 62.6 Å². The van der Waals surface area contributed by atoms with Crippen molar-refractivity contribution in [3.8, 4) is 0 Å². The van der Waals surface area contributed by atoms with Crippen molar-refractivity contribution in [2.45, 2.75) is 103 Å². The zero-order valence-electron chi connectivity index (χ0n) is 21.8. The lowest BCUT2D eigenvalue weighted by Gasteiger charge is -2.09. The van der Waals surface area contributed by atoms with Crippen molar-refractivity contribution >= 4 is 14.2 Å². The number of hydrogen-bond donors (Lipinski definition) is 3. The molecule has 0 saturated carbocycles. The first kappa shape index (κ1) is 35.3. The second-order valence-corrected chi connectivity index (χ2v) is 8.99. The number of allylic oxidation sites excluding steroid dienone is 2. The Hall–Kier alpha value is -0.890. The summed E-state index contributed by atoms with van der Waals surface area (Å²) < 4.78 is 24.1. The van der Waals surface area contributed by atoms with E-state index in [2.05, 4.69) is 28.9 Å². The maximum Gasteiger partial charge on any atom is 0.694 e. The van der Waals surface area contributed by atoms with Crippen LogP contribution in [0.3, 0.4) is 0 Å². The third-order valence-corrected chi connectivity index (χ3v) is 5.53. The normalized spacial score (nSPS) is 12.3. The highest BCUT2D eigenvalue weighted by Crippen LogP contribution is 2.15. The van der Waals surface area contributed by atoms with E-state index in [-0.39, 0.29) is 25.2 Å². The molecule has 0 saturated heterocycles. The first-order chi connectivity index (χ1) is 16.5. The summed E-state index contributed by atoms with van der Waals surface area (Å²) in [6.07, 6.45) is 21.6. The van der Waals surface area contributed by atoms with Crippen molar-refractivity contribution < 1.29 is 33.4 Å². The van der Waals surface area contributed by atoms with E-state index in [0.29, 0.717) is 19.6 Å². The molecule has 0 spiro atoms. The van der Waals surface area contributed by atoms with Gasteiger partial charge in [0, 0.05) is 31.8 Å². The summed E-state index contributed by atoms with van der Waals surface area (Å²) in [4.78, 5) is 19.6. The number of methoxy groups -OCH3 is 2. The van der Waals surface area contributed by atoms with E-state index >= 15 is 0 Å². The smallest absolute Gasteiger partial charge is 0.395 e. The Morgan fingerprint density at radius 2 is 1.47 bits per heavy atom. The number of carbonyl (C=O) groups excluding carboxylic acids is 1. The number of hydrogen-bond acceptors (Lipinski definition) is 6. The summed E-state index contributed by atoms with van der Waals surface area (Å²) >= 11 is 0. The number of carbonyl (C=O) groups is 1. The molecule has 202 valence electrons. The molecule has 34 heavy (non-hydrogen) atoms. The van der Waals surface area contributed by atoms with Gasteiger partial charge in [-0.3, -0.25) is 4.79 Å². The van der Waals surface area contributed by atoms with Gasteiger partial charge >= 0.3 is 8.25 Å². The van der Waals surface area contributed by atoms with Crippen LogP contribution in [0, 0.1) is 0 Å². The van der Waals surface area contributed by atoms with Gasteiger partial charge in [0.05, 0.1) is 13.2 Å². The molecule has 1 amide bonds. The van der Waals surface area contributed by atoms with Crippen LogP contribution in [0.2, 0.25) is 0 Å². The first-order valence-corrected chi connectivity index (χ1v) is 14.0. The third-order valence-electron chi connectivity index (χ3n) is 5.16. The van der Waals surface area contributed by atoms with E-state index in [1.54, 1.807) is 0 Å². The quantitative estimate of drug-likeness (QED) is 0.0955. The molecule has 0 radical (unpaired) electrons. The van der Waals surface area contributed by atoms with Gasteiger partial charge in [0.2, 0.25) is 5.91 Å². The predicted octanol–water partition coefficient (Wildman–Crippen LogP) is 5.45. The van der Waals surface area contributed by atoms with Crippen LogP contribution in [0.15, 0.2) is 12.2 Å². The van der Waals surface area contributed by atoms with Crippen LogP contribution in [-0.2, 0) is 23.4 Å². The Balaban J connectivity index is 0. The number of rotatable bonds is 23. The highest BCUT2D eigenvalue weighted by Gasteiger charge is 2.17. The zero-order chi connectivity index (χ0) is 25.7. The molecule has 2 atom stereocenters. The zero-order valence-corrected chi connectivity index (χ0v) is 22.7. The van der Waals surface area contributed by atoms with Crippen molar-refractivity contribution in [3.05, 3.63) is 12.2 Å². The lowest BCUT2D eigenvalue weighted by molar-refractivity contribution is -0.121. The van der Waals surface area contributed by atoms with Gasteiger partial charge in [-0.15, -0.1) is 9.42 Å². The van der Waals surface area contributed by atoms with Gasteiger partial charge in [0.25, 0.3) is 0 Å². The van der Waals surface area contributed by atoms with Crippen molar-refractivity contribution in [3.63, 3.8) is 0 Å². The molecule has 0 aliphatic heterocycles. The lowest BCUT2D eigenvalue weighted by Crippen LogP contribution is -2.25. The minimum atomic E-state index is -2.53. The molecule has 8 nitrogen and oxygen atoms in total. The summed E-state index contributed by atoms with van der Waals surface area (Å²) in [6, 6.07) is 0. The molecule has 9 heteroatoms. The Morgan fingerprint density at radius 1 is 0.912 bits per heavy atom. The Labute approximate surface area is 208 Å². The Bertz CT molecular complexity index is 478. The van der Waals surface area contributed by atoms with E-state index in [4.69, 9.17) is 19.5 Å². The van der Waals surface area contributed by atoms with E-state index in [1.807, 2.05) is 0 Å². The summed E-state index contributed by atoms with van der Waals surface area (Å²) in [7, 11) is 0.467. The minimum Gasteiger partial charge on any atom is -0.395 e. The van der Waals surface area contributed by atoms with E-state index in [0.717, 1.165) is 12.8 Å². The number of aliphatic hydroxyl groups is 1. The molecule has 0 aliphatic carbocycles. The molecule has 0 rings (SSSR count). The molecule has 0 bridgehead atoms. The second kappa shape index (κ2) is 30.1. The van der Waals surface area contributed by atoms with Crippen molar-refractivity contribution in [2.75, 3.05) is 40.6 Å². The maximum absolute atomic E-state index is 11.3. The van der Waals surface area contributed by atoms with Gasteiger partial charge in [0.15, 0.2) is 0 Å². The number of amides is 1. The Kier molecular flexibility index (Phi) is 31.3. The number of unbranched alkanes of at least 4 members (excludes halogenated alkanes) is 11. The average Bonchev–Trinajstić information content (AvgIpc) is 2.83. The summed E-state index contributed by atoms with van der Waals surface area (Å²) in [6.45, 7) is 3.08. The molecule has 0 aromatic rings. The highest BCUT2D eigenvalue weighted by atomic mass is 31.1. The van der Waals surface area contributed by atoms with Crippen LogP contribution < -0.4 is 5.32 Å². The molecule has 0 aliphatic rings. The summed E-state index contributed by atoms with van der Waals surface area (Å²) in [5, 5.41) is 11.3. The van der Waals surface area contributed by atoms with Gasteiger partial charge in [-0.25, -0.2) is 0 Å². The minimum absolute atomic E-state index is 0.0259. The van der Waals surface area contributed by atoms with Crippen LogP contribution in [0.4, 0.5) is 0 Å². The number of aliphatic hydroxyl groups excluding tert-OH is 1. The molecule has 0 aromatic heterocycles. The second-order valence-electron chi connectivity index (χ2n) is 8.25. The highest BCUT2D eigenvalue weighted by molar-refractivity contribution is 7.32. The van der Waals surface area contributed by atoms with E-state index in [9.17, 15) is 9.36 Å². The standard InChI is InChI=1S/C20H39NO2.C5H11O5P/c1-2-3-4-5-6-7-8-9-10-11-12-13-14-15-16-17-20(23)21-18-19-22;1-8-3-5(9-2)4-10-11(6)7/h9-10,22H,2-8,11-19H2,1H3,(H,21,23);5H,3-4H2,1-2H3/p+1/b10-9+;. The van der Waals surface area contributed by atoms with Crippen LogP contribution in [0.25, 0.3) is 0 Å². The summed E-state index contributed by atoms with van der Waals surface area (Å²) in [5.74, 6) is 0.0664. The molecule has 0 aromatic carbocycles. The fraction of sp³-hybridized carbons (Fsp3) is 0.880. The van der Waals surface area contributed by atoms with Gasteiger partial charge in [-0.2, -0.15) is 0 Å². The van der Waals surface area contributed by atoms with Crippen LogP contribution in [0.5, 0.6) is 0 Å². The molecule has 2 unspecified atom stereocenters. The van der Waals surface area contributed by atoms with Crippen LogP contribution >= 0.6 is 8.25 Å². The van der Waals surface area contributed by atoms with Gasteiger partial charge < -0.3 is 19.9 Å². The average molecular weight is 509 g/mol. The third kappa shape index (κ3) is 31.1. The Morgan fingerprint density at radius 3 is 1.97 bits per heavy atom. The SMILES string of the molecule is CCCCCCCC/C=C/CCCCCCCC(=O)NCCO.COCC(CO[P+](=O)O)OC. The van der Waals surface area contributed by atoms with E-state index < -0.39 is 8.25 Å². The van der Waals surface area contributed by atoms with Gasteiger partial charge in [-0.05, 0) is 32.1 Å². The molecular formula is C25H51NO7P+. The number of nitrogens with one attached hydrogen (secondary N) is 1. The van der Waals surface area contributed by atoms with Crippen molar-refractivity contribution in [1.82, 2.24) is 5.32 Å². The van der Waals surface area contributed by atoms with Crippen molar-refractivity contribution in [2.24, 2.45) is 0 Å². The van der Waals surface area contributed by atoms with Gasteiger partial charge in [-0.1, -0.05) is 70.4 Å². The number of ether oxygens (including phenoxy) is 2. The van der Waals surface area contributed by atoms with Gasteiger partial charge in [0.1, 0.15) is 12.7 Å².